The smallest absolute Gasteiger partial charge is 0.242 e. The van der Waals surface area contributed by atoms with Gasteiger partial charge in [0.25, 0.3) is 0 Å². The number of unbranched alkanes of at least 4 members (excludes halogenated alkanes) is 21. The van der Waals surface area contributed by atoms with Crippen molar-refractivity contribution in [1.29, 1.82) is 0 Å². The molecular weight excluding hydrogens is 773 g/mol. The molecule has 0 aromatic rings. The highest BCUT2D eigenvalue weighted by Crippen LogP contribution is 2.14. The SMILES string of the molecule is CCCCCCCCCCCCCC(=O)NCCCC[C@@H](NC(=O)CCCCCCCCCCCCC)C(=O)NCCCOCCOCCOCCCNC(=O)CCOCC. The zero-order chi connectivity index (χ0) is 44.5. The zero-order valence-corrected chi connectivity index (χ0v) is 39.8. The van der Waals surface area contributed by atoms with E-state index in [0.29, 0.717) is 105 Å². The van der Waals surface area contributed by atoms with Crippen LogP contribution in [0.3, 0.4) is 0 Å². The third-order valence-corrected chi connectivity index (χ3v) is 10.9. The maximum absolute atomic E-state index is 13.2. The number of amides is 4. The second kappa shape index (κ2) is 48.7. The van der Waals surface area contributed by atoms with E-state index >= 15 is 0 Å². The Morgan fingerprint density at radius 3 is 1.23 bits per heavy atom. The highest BCUT2D eigenvalue weighted by atomic mass is 16.5. The van der Waals surface area contributed by atoms with Crippen LogP contribution in [0, 0.1) is 0 Å². The van der Waals surface area contributed by atoms with Crippen molar-refractivity contribution in [3.8, 4) is 0 Å². The molecule has 360 valence electrons. The number of nitrogens with one attached hydrogen (secondary N) is 4. The molecule has 4 amide bonds. The summed E-state index contributed by atoms with van der Waals surface area (Å²) < 4.78 is 22.0. The average molecular weight is 869 g/mol. The zero-order valence-electron chi connectivity index (χ0n) is 39.8. The van der Waals surface area contributed by atoms with E-state index in [1.807, 2.05) is 6.92 Å². The molecule has 0 aliphatic heterocycles. The summed E-state index contributed by atoms with van der Waals surface area (Å²) in [5.74, 6) is -0.137. The first-order valence-corrected chi connectivity index (χ1v) is 25.4. The molecule has 61 heavy (non-hydrogen) atoms. The lowest BCUT2D eigenvalue weighted by Gasteiger charge is -2.19. The predicted molar refractivity (Wildman–Crippen MR) is 250 cm³/mol. The van der Waals surface area contributed by atoms with E-state index in [0.717, 1.165) is 51.4 Å². The first kappa shape index (κ1) is 58.7. The van der Waals surface area contributed by atoms with Crippen molar-refractivity contribution in [3.05, 3.63) is 0 Å². The quantitative estimate of drug-likeness (QED) is 0.0441. The Kier molecular flexibility index (Phi) is 46.9. The lowest BCUT2D eigenvalue weighted by atomic mass is 10.0. The minimum absolute atomic E-state index is 0.00796. The van der Waals surface area contributed by atoms with Crippen LogP contribution < -0.4 is 21.3 Å². The number of rotatable bonds is 49. The van der Waals surface area contributed by atoms with Crippen LogP contribution in [0.4, 0.5) is 0 Å². The van der Waals surface area contributed by atoms with Crippen LogP contribution in [0.25, 0.3) is 0 Å². The molecule has 0 radical (unpaired) electrons. The molecule has 0 saturated heterocycles. The number of carbonyl (C=O) groups is 4. The summed E-state index contributed by atoms with van der Waals surface area (Å²) >= 11 is 0. The molecule has 0 aromatic carbocycles. The molecule has 0 saturated carbocycles. The van der Waals surface area contributed by atoms with Gasteiger partial charge in [-0.1, -0.05) is 142 Å². The van der Waals surface area contributed by atoms with Gasteiger partial charge in [0, 0.05) is 58.7 Å². The molecule has 12 heteroatoms. The van der Waals surface area contributed by atoms with Crippen molar-refractivity contribution in [1.82, 2.24) is 21.3 Å². The number of hydrogen-bond acceptors (Lipinski definition) is 8. The molecule has 0 spiro atoms. The molecule has 4 N–H and O–H groups in total. The van der Waals surface area contributed by atoms with Crippen molar-refractivity contribution in [3.63, 3.8) is 0 Å². The molecule has 0 fully saturated rings. The Morgan fingerprint density at radius 1 is 0.361 bits per heavy atom. The molecule has 0 aliphatic rings. The summed E-state index contributed by atoms with van der Waals surface area (Å²) in [6, 6.07) is -0.590. The van der Waals surface area contributed by atoms with E-state index in [4.69, 9.17) is 18.9 Å². The third kappa shape index (κ3) is 45.6. The second-order valence-electron chi connectivity index (χ2n) is 16.7. The molecule has 0 aromatic heterocycles. The largest absolute Gasteiger partial charge is 0.381 e. The topological polar surface area (TPSA) is 153 Å². The first-order chi connectivity index (χ1) is 29.9. The Hall–Kier alpha value is -2.28. The van der Waals surface area contributed by atoms with Gasteiger partial charge in [-0.05, 0) is 51.9 Å². The average Bonchev–Trinajstić information content (AvgIpc) is 3.25. The minimum atomic E-state index is -0.590. The fourth-order valence-electron chi connectivity index (χ4n) is 7.08. The minimum Gasteiger partial charge on any atom is -0.381 e. The highest BCUT2D eigenvalue weighted by molar-refractivity contribution is 5.87. The van der Waals surface area contributed by atoms with Crippen molar-refractivity contribution in [2.75, 3.05) is 72.5 Å². The van der Waals surface area contributed by atoms with Gasteiger partial charge in [0.2, 0.25) is 23.6 Å². The molecule has 12 nitrogen and oxygen atoms in total. The van der Waals surface area contributed by atoms with Crippen molar-refractivity contribution in [2.45, 2.75) is 219 Å². The lowest BCUT2D eigenvalue weighted by Crippen LogP contribution is -2.47. The van der Waals surface area contributed by atoms with Crippen molar-refractivity contribution in [2.24, 2.45) is 0 Å². The van der Waals surface area contributed by atoms with E-state index in [2.05, 4.69) is 35.1 Å². The van der Waals surface area contributed by atoms with Crippen LogP contribution in [-0.4, -0.2) is 102 Å². The molecular formula is C49H96N4O8. The van der Waals surface area contributed by atoms with E-state index in [1.54, 1.807) is 0 Å². The normalized spacial score (nSPS) is 11.7. The second-order valence-corrected chi connectivity index (χ2v) is 16.7. The maximum atomic E-state index is 13.2. The van der Waals surface area contributed by atoms with Crippen LogP contribution in [0.1, 0.15) is 213 Å². The van der Waals surface area contributed by atoms with Crippen LogP contribution >= 0.6 is 0 Å². The van der Waals surface area contributed by atoms with E-state index < -0.39 is 6.04 Å². The van der Waals surface area contributed by atoms with Crippen LogP contribution in [-0.2, 0) is 38.1 Å². The van der Waals surface area contributed by atoms with Gasteiger partial charge in [0.1, 0.15) is 6.04 Å². The Morgan fingerprint density at radius 2 is 0.754 bits per heavy atom. The van der Waals surface area contributed by atoms with Crippen molar-refractivity contribution >= 4 is 23.6 Å². The molecule has 0 rings (SSSR count). The fraction of sp³-hybridized carbons (Fsp3) is 0.918. The maximum Gasteiger partial charge on any atom is 0.242 e. The van der Waals surface area contributed by atoms with Crippen LogP contribution in [0.15, 0.2) is 0 Å². The summed E-state index contributed by atoms with van der Waals surface area (Å²) in [5, 5.41) is 11.9. The number of carbonyl (C=O) groups excluding carboxylic acids is 4. The van der Waals surface area contributed by atoms with Gasteiger partial charge in [0.15, 0.2) is 0 Å². The molecule has 1 atom stereocenters. The molecule has 0 bridgehead atoms. The van der Waals surface area contributed by atoms with Crippen LogP contribution in [0.5, 0.6) is 0 Å². The Balaban J connectivity index is 4.27. The monoisotopic (exact) mass is 869 g/mol. The van der Waals surface area contributed by atoms with Gasteiger partial charge in [-0.15, -0.1) is 0 Å². The van der Waals surface area contributed by atoms with E-state index in [9.17, 15) is 19.2 Å². The molecule has 0 aliphatic carbocycles. The molecule has 0 unspecified atom stereocenters. The lowest BCUT2D eigenvalue weighted by molar-refractivity contribution is -0.129. The van der Waals surface area contributed by atoms with E-state index in [1.165, 1.54) is 109 Å². The predicted octanol–water partition coefficient (Wildman–Crippen LogP) is 9.65. The first-order valence-electron chi connectivity index (χ1n) is 25.4. The highest BCUT2D eigenvalue weighted by Gasteiger charge is 2.20. The Labute approximate surface area is 374 Å². The van der Waals surface area contributed by atoms with Gasteiger partial charge >= 0.3 is 0 Å². The summed E-state index contributed by atoms with van der Waals surface area (Å²) in [7, 11) is 0. The summed E-state index contributed by atoms with van der Waals surface area (Å²) in [6.07, 6.45) is 32.2. The third-order valence-electron chi connectivity index (χ3n) is 10.9. The van der Waals surface area contributed by atoms with Gasteiger partial charge in [-0.25, -0.2) is 0 Å². The fourth-order valence-corrected chi connectivity index (χ4v) is 7.08. The van der Waals surface area contributed by atoms with Gasteiger partial charge in [-0.2, -0.15) is 0 Å². The number of hydrogen-bond donors (Lipinski definition) is 4. The van der Waals surface area contributed by atoms with Gasteiger partial charge < -0.3 is 40.2 Å². The Bertz CT molecular complexity index is 988. The molecule has 0 heterocycles. The van der Waals surface area contributed by atoms with E-state index in [-0.39, 0.29) is 23.6 Å². The van der Waals surface area contributed by atoms with Gasteiger partial charge in [0.05, 0.1) is 33.0 Å². The van der Waals surface area contributed by atoms with Gasteiger partial charge in [-0.3, -0.25) is 19.2 Å². The van der Waals surface area contributed by atoms with Crippen molar-refractivity contribution < 1.29 is 38.1 Å². The summed E-state index contributed by atoms with van der Waals surface area (Å²) in [6.45, 7) is 12.0. The van der Waals surface area contributed by atoms with Crippen LogP contribution in [0.2, 0.25) is 0 Å². The summed E-state index contributed by atoms with van der Waals surface area (Å²) in [5.41, 5.74) is 0. The standard InChI is InChI=1S/C49H96N4O8/c1-4-7-9-11-13-15-17-19-21-23-25-32-46(54)50-35-28-27-31-45(53-48(56)33-26-24-22-20-18-16-14-12-10-8-5-2)49(57)52-37-30-39-60-42-44-61-43-41-59-38-29-36-51-47(55)34-40-58-6-3/h45H,4-44H2,1-3H3,(H,50,54)(H,51,55)(H,52,57)(H,53,56)/t45-/m1/s1. The summed E-state index contributed by atoms with van der Waals surface area (Å²) in [4.78, 5) is 50.1. The number of ether oxygens (including phenoxy) is 4.